The van der Waals surface area contributed by atoms with Crippen LogP contribution in [-0.4, -0.2) is 28.5 Å². The number of nitrogens with zero attached hydrogens (tertiary/aromatic N) is 3. The molecule has 6 nitrogen and oxygen atoms in total. The number of pyridine rings is 1. The lowest BCUT2D eigenvalue weighted by Crippen LogP contribution is -2.49. The first-order valence-electron chi connectivity index (χ1n) is 9.71. The zero-order valence-corrected chi connectivity index (χ0v) is 15.7. The summed E-state index contributed by atoms with van der Waals surface area (Å²) in [5.41, 5.74) is 2.85. The van der Waals surface area contributed by atoms with Crippen LogP contribution in [0.25, 0.3) is 11.1 Å². The maximum atomic E-state index is 13.2. The van der Waals surface area contributed by atoms with E-state index in [1.54, 1.807) is 30.3 Å². The van der Waals surface area contributed by atoms with Gasteiger partial charge in [-0.25, -0.2) is 0 Å². The van der Waals surface area contributed by atoms with E-state index in [2.05, 4.69) is 6.07 Å². The molecule has 0 saturated carbocycles. The highest BCUT2D eigenvalue weighted by Crippen LogP contribution is 2.36. The minimum atomic E-state index is -0.0922. The summed E-state index contributed by atoms with van der Waals surface area (Å²) < 4.78 is 7.14. The first-order valence-corrected chi connectivity index (χ1v) is 9.71. The molecule has 6 heteroatoms. The Labute approximate surface area is 167 Å². The van der Waals surface area contributed by atoms with Crippen molar-refractivity contribution in [3.63, 3.8) is 0 Å². The summed E-state index contributed by atoms with van der Waals surface area (Å²) in [6.07, 6.45) is 2.49. The lowest BCUT2D eigenvalue weighted by Gasteiger charge is -2.42. The van der Waals surface area contributed by atoms with Crippen molar-refractivity contribution in [2.75, 3.05) is 13.1 Å². The lowest BCUT2D eigenvalue weighted by atomic mass is 9.82. The normalized spacial score (nSPS) is 20.0. The van der Waals surface area contributed by atoms with Crippen LogP contribution in [0.4, 0.5) is 0 Å². The van der Waals surface area contributed by atoms with Gasteiger partial charge in [0.1, 0.15) is 0 Å². The van der Waals surface area contributed by atoms with Crippen LogP contribution in [0.15, 0.2) is 64.0 Å². The number of fused-ring (bicyclic) bond motifs is 4. The third kappa shape index (κ3) is 2.95. The number of carbonyl (C=O) groups is 1. The molecule has 2 bridgehead atoms. The highest BCUT2D eigenvalue weighted by atomic mass is 16.3. The zero-order chi connectivity index (χ0) is 20.0. The van der Waals surface area contributed by atoms with Gasteiger partial charge in [0, 0.05) is 36.8 Å². The number of aromatic nitrogens is 1. The molecule has 2 aliphatic heterocycles. The average molecular weight is 385 g/mol. The van der Waals surface area contributed by atoms with Crippen molar-refractivity contribution in [3.05, 3.63) is 82.2 Å². The Morgan fingerprint density at radius 2 is 2.00 bits per heavy atom. The Kier molecular flexibility index (Phi) is 4.09. The molecule has 5 rings (SSSR count). The van der Waals surface area contributed by atoms with Gasteiger partial charge in [-0.15, -0.1) is 0 Å². The van der Waals surface area contributed by atoms with E-state index in [0.29, 0.717) is 36.5 Å². The molecule has 3 aromatic rings. The fraction of sp³-hybridized carbons (Fsp3) is 0.261. The molecule has 1 aromatic carbocycles. The summed E-state index contributed by atoms with van der Waals surface area (Å²) in [5, 5.41) is 9.15. The van der Waals surface area contributed by atoms with E-state index in [1.165, 1.54) is 6.26 Å². The molecule has 0 N–H and O–H groups in total. The molecule has 29 heavy (non-hydrogen) atoms. The van der Waals surface area contributed by atoms with Crippen LogP contribution in [0.1, 0.15) is 34.2 Å². The van der Waals surface area contributed by atoms with Crippen molar-refractivity contribution < 1.29 is 9.21 Å². The minimum Gasteiger partial charge on any atom is -0.459 e. The SMILES string of the molecule is N#Cc1cccc(-c2ccc3n(c2=O)CC2CC3CN(C(=O)c3ccco3)C2)c1. The van der Waals surface area contributed by atoms with E-state index in [-0.39, 0.29) is 23.3 Å². The molecular weight excluding hydrogens is 366 g/mol. The molecule has 1 amide bonds. The highest BCUT2D eigenvalue weighted by Gasteiger charge is 2.37. The number of amides is 1. The summed E-state index contributed by atoms with van der Waals surface area (Å²) in [4.78, 5) is 27.8. The second-order valence-electron chi connectivity index (χ2n) is 7.77. The molecular formula is C23H19N3O3. The second-order valence-corrected chi connectivity index (χ2v) is 7.77. The fourth-order valence-corrected chi connectivity index (χ4v) is 4.64. The molecule has 0 radical (unpaired) electrons. The van der Waals surface area contributed by atoms with Crippen LogP contribution >= 0.6 is 0 Å². The zero-order valence-electron chi connectivity index (χ0n) is 15.7. The maximum absolute atomic E-state index is 13.2. The Bertz CT molecular complexity index is 1190. The number of nitriles is 1. The van der Waals surface area contributed by atoms with Crippen LogP contribution in [0.2, 0.25) is 0 Å². The third-order valence-corrected chi connectivity index (χ3v) is 5.93. The largest absolute Gasteiger partial charge is 0.459 e. The molecule has 1 saturated heterocycles. The standard InChI is InChI=1S/C23H19N3O3/c24-11-15-3-1-4-17(9-15)19-6-7-20-18-10-16(13-26(20)22(19)27)12-25(14-18)23(28)21-5-2-8-29-21/h1-9,16,18H,10,12-14H2. The quantitative estimate of drug-likeness (QED) is 0.678. The molecule has 2 atom stereocenters. The average Bonchev–Trinajstić information content (AvgIpc) is 3.29. The van der Waals surface area contributed by atoms with Gasteiger partial charge in [-0.3, -0.25) is 9.59 Å². The molecule has 4 heterocycles. The van der Waals surface area contributed by atoms with Crippen LogP contribution in [0, 0.1) is 17.2 Å². The monoisotopic (exact) mass is 385 g/mol. The summed E-state index contributed by atoms with van der Waals surface area (Å²) >= 11 is 0. The van der Waals surface area contributed by atoms with Gasteiger partial charge in [0.15, 0.2) is 5.76 Å². The van der Waals surface area contributed by atoms with E-state index in [0.717, 1.165) is 17.7 Å². The van der Waals surface area contributed by atoms with Crippen molar-refractivity contribution >= 4 is 5.91 Å². The third-order valence-electron chi connectivity index (χ3n) is 5.93. The van der Waals surface area contributed by atoms with Gasteiger partial charge in [-0.05, 0) is 54.3 Å². The summed E-state index contributed by atoms with van der Waals surface area (Å²) in [7, 11) is 0. The number of benzene rings is 1. The Balaban J connectivity index is 1.49. The Morgan fingerprint density at radius 3 is 2.79 bits per heavy atom. The van der Waals surface area contributed by atoms with Gasteiger partial charge in [0.2, 0.25) is 0 Å². The van der Waals surface area contributed by atoms with Crippen molar-refractivity contribution in [1.29, 1.82) is 5.26 Å². The molecule has 144 valence electrons. The molecule has 2 aromatic heterocycles. The van der Waals surface area contributed by atoms with E-state index in [9.17, 15) is 9.59 Å². The molecule has 1 fully saturated rings. The van der Waals surface area contributed by atoms with Crippen LogP contribution in [0.5, 0.6) is 0 Å². The smallest absolute Gasteiger partial charge is 0.289 e. The van der Waals surface area contributed by atoms with Gasteiger partial charge >= 0.3 is 0 Å². The van der Waals surface area contributed by atoms with Crippen LogP contribution in [-0.2, 0) is 6.54 Å². The molecule has 0 aliphatic carbocycles. The van der Waals surface area contributed by atoms with E-state index in [1.807, 2.05) is 27.7 Å². The summed E-state index contributed by atoms with van der Waals surface area (Å²) in [6, 6.07) is 16.5. The first kappa shape index (κ1) is 17.5. The number of hydrogen-bond acceptors (Lipinski definition) is 4. The topological polar surface area (TPSA) is 79.2 Å². The first-order chi connectivity index (χ1) is 14.1. The maximum Gasteiger partial charge on any atom is 0.289 e. The second kappa shape index (κ2) is 6.78. The summed E-state index contributed by atoms with van der Waals surface area (Å²) in [6.45, 7) is 1.80. The number of piperidine rings is 1. The fourth-order valence-electron chi connectivity index (χ4n) is 4.64. The number of furan rings is 1. The summed E-state index contributed by atoms with van der Waals surface area (Å²) in [5.74, 6) is 0.632. The van der Waals surface area contributed by atoms with E-state index < -0.39 is 0 Å². The minimum absolute atomic E-state index is 0.0295. The van der Waals surface area contributed by atoms with Gasteiger partial charge in [-0.1, -0.05) is 12.1 Å². The Morgan fingerprint density at radius 1 is 1.10 bits per heavy atom. The predicted octanol–water partition coefficient (Wildman–Crippen LogP) is 3.24. The molecule has 0 spiro atoms. The van der Waals surface area contributed by atoms with E-state index in [4.69, 9.17) is 9.68 Å². The van der Waals surface area contributed by atoms with Crippen molar-refractivity contribution in [1.82, 2.24) is 9.47 Å². The molecule has 2 unspecified atom stereocenters. The lowest BCUT2D eigenvalue weighted by molar-refractivity contribution is 0.0564. The highest BCUT2D eigenvalue weighted by molar-refractivity contribution is 5.91. The van der Waals surface area contributed by atoms with Gasteiger partial charge in [0.25, 0.3) is 11.5 Å². The van der Waals surface area contributed by atoms with Gasteiger partial charge in [0.05, 0.1) is 17.9 Å². The van der Waals surface area contributed by atoms with Crippen molar-refractivity contribution in [3.8, 4) is 17.2 Å². The Hall–Kier alpha value is -3.59. The van der Waals surface area contributed by atoms with Crippen molar-refractivity contribution in [2.24, 2.45) is 5.92 Å². The van der Waals surface area contributed by atoms with Crippen molar-refractivity contribution in [2.45, 2.75) is 18.9 Å². The van der Waals surface area contributed by atoms with Crippen LogP contribution < -0.4 is 5.56 Å². The number of rotatable bonds is 2. The van der Waals surface area contributed by atoms with Gasteiger partial charge in [-0.2, -0.15) is 5.26 Å². The van der Waals surface area contributed by atoms with Gasteiger partial charge < -0.3 is 13.9 Å². The number of carbonyl (C=O) groups excluding carboxylic acids is 1. The predicted molar refractivity (Wildman–Crippen MR) is 106 cm³/mol. The van der Waals surface area contributed by atoms with Crippen LogP contribution in [0.3, 0.4) is 0 Å². The number of likely N-dealkylation sites (tertiary alicyclic amines) is 1. The molecule has 2 aliphatic rings. The number of hydrogen-bond donors (Lipinski definition) is 0. The van der Waals surface area contributed by atoms with E-state index >= 15 is 0 Å².